The summed E-state index contributed by atoms with van der Waals surface area (Å²) in [7, 11) is 1.95. The lowest BCUT2D eigenvalue weighted by Crippen LogP contribution is -2.19. The maximum atomic E-state index is 4.61. The highest BCUT2D eigenvalue weighted by atomic mass is 15.2. The topological polar surface area (TPSA) is 72.6 Å². The summed E-state index contributed by atoms with van der Waals surface area (Å²) in [6, 6.07) is 0. The molecule has 0 radical (unpaired) electrons. The predicted octanol–water partition coefficient (Wildman–Crippen LogP) is 1.40. The minimum Gasteiger partial charge on any atom is -0.352 e. The summed E-state index contributed by atoms with van der Waals surface area (Å²) in [4.78, 5) is 23.4. The molecule has 0 amide bonds. The molecule has 0 unspecified atom stereocenters. The number of imidazole rings is 1. The second kappa shape index (κ2) is 5.66. The lowest BCUT2D eigenvalue weighted by Gasteiger charge is -2.17. The van der Waals surface area contributed by atoms with Crippen molar-refractivity contribution in [2.45, 2.75) is 13.5 Å². The molecule has 3 rings (SSSR count). The highest BCUT2D eigenvalue weighted by Gasteiger charge is 2.08. The van der Waals surface area contributed by atoms with E-state index < -0.39 is 0 Å². The normalized spacial score (nSPS) is 10.6. The molecule has 0 atom stereocenters. The molecule has 0 saturated carbocycles. The first-order valence-electron chi connectivity index (χ1n) is 6.52. The van der Waals surface area contributed by atoms with Gasteiger partial charge >= 0.3 is 0 Å². The van der Waals surface area contributed by atoms with Gasteiger partial charge in [-0.05, 0) is 6.92 Å². The van der Waals surface area contributed by atoms with Crippen LogP contribution in [0.4, 0.5) is 5.82 Å². The van der Waals surface area contributed by atoms with E-state index in [0.717, 1.165) is 23.2 Å². The van der Waals surface area contributed by atoms with Gasteiger partial charge in [0.15, 0.2) is 5.82 Å². The Morgan fingerprint density at radius 2 is 1.95 bits per heavy atom. The monoisotopic (exact) mass is 281 g/mol. The van der Waals surface area contributed by atoms with Crippen LogP contribution in [0.15, 0.2) is 43.4 Å². The third kappa shape index (κ3) is 2.86. The standard InChI is InChI=1S/C14H15N7/c1-11-17-5-6-21(11)14-9-16-8-13(19-14)20(2)10-12-7-15-3-4-18-12/h3-9H,10H2,1-2H3. The van der Waals surface area contributed by atoms with Crippen molar-refractivity contribution in [2.75, 3.05) is 11.9 Å². The largest absolute Gasteiger partial charge is 0.352 e. The van der Waals surface area contributed by atoms with Crippen LogP contribution in [0.3, 0.4) is 0 Å². The van der Waals surface area contributed by atoms with E-state index >= 15 is 0 Å². The molecule has 106 valence electrons. The first-order chi connectivity index (χ1) is 10.2. The van der Waals surface area contributed by atoms with Crippen LogP contribution in [0, 0.1) is 6.92 Å². The van der Waals surface area contributed by atoms with E-state index in [2.05, 4.69) is 24.9 Å². The number of nitrogens with zero attached hydrogens (tertiary/aromatic N) is 7. The molecule has 0 saturated heterocycles. The Hall–Kier alpha value is -2.83. The Morgan fingerprint density at radius 3 is 2.67 bits per heavy atom. The van der Waals surface area contributed by atoms with Gasteiger partial charge < -0.3 is 4.90 Å². The molecule has 0 aliphatic carbocycles. The van der Waals surface area contributed by atoms with Crippen molar-refractivity contribution in [3.05, 3.63) is 54.9 Å². The fourth-order valence-electron chi connectivity index (χ4n) is 2.00. The first kappa shape index (κ1) is 13.2. The van der Waals surface area contributed by atoms with Crippen molar-refractivity contribution in [3.63, 3.8) is 0 Å². The van der Waals surface area contributed by atoms with E-state index in [0.29, 0.717) is 6.54 Å². The fourth-order valence-corrected chi connectivity index (χ4v) is 2.00. The van der Waals surface area contributed by atoms with E-state index in [1.165, 1.54) is 0 Å². The summed E-state index contributed by atoms with van der Waals surface area (Å²) < 4.78 is 1.90. The Labute approximate surface area is 122 Å². The lowest BCUT2D eigenvalue weighted by molar-refractivity contribution is 0.835. The van der Waals surface area contributed by atoms with Gasteiger partial charge in [-0.25, -0.2) is 9.97 Å². The zero-order chi connectivity index (χ0) is 14.7. The van der Waals surface area contributed by atoms with Crippen LogP contribution in [0.1, 0.15) is 11.5 Å². The van der Waals surface area contributed by atoms with Crippen molar-refractivity contribution in [1.82, 2.24) is 29.5 Å². The summed E-state index contributed by atoms with van der Waals surface area (Å²) in [5.41, 5.74) is 0.881. The zero-order valence-electron chi connectivity index (χ0n) is 11.9. The lowest BCUT2D eigenvalue weighted by atomic mass is 10.4. The van der Waals surface area contributed by atoms with Crippen LogP contribution >= 0.6 is 0 Å². The summed E-state index contributed by atoms with van der Waals surface area (Å²) in [5.74, 6) is 2.39. The van der Waals surface area contributed by atoms with Crippen LogP contribution in [0.2, 0.25) is 0 Å². The summed E-state index contributed by atoms with van der Waals surface area (Å²) in [5, 5.41) is 0. The molecular formula is C14H15N7. The Balaban J connectivity index is 1.84. The van der Waals surface area contributed by atoms with Crippen LogP contribution in [0.25, 0.3) is 5.82 Å². The van der Waals surface area contributed by atoms with Gasteiger partial charge in [0.1, 0.15) is 11.6 Å². The minimum atomic E-state index is 0.620. The van der Waals surface area contributed by atoms with Crippen molar-refractivity contribution < 1.29 is 0 Å². The molecule has 3 heterocycles. The first-order valence-corrected chi connectivity index (χ1v) is 6.52. The summed E-state index contributed by atoms with van der Waals surface area (Å²) in [6.45, 7) is 2.55. The number of aromatic nitrogens is 6. The van der Waals surface area contributed by atoms with Gasteiger partial charge in [-0.3, -0.25) is 19.5 Å². The van der Waals surface area contributed by atoms with Crippen molar-refractivity contribution in [3.8, 4) is 5.82 Å². The SMILES string of the molecule is Cc1nccn1-c1cncc(N(C)Cc2cnccn2)n1. The molecule has 21 heavy (non-hydrogen) atoms. The second-order valence-corrected chi connectivity index (χ2v) is 4.63. The number of aryl methyl sites for hydroxylation is 1. The van der Waals surface area contributed by atoms with Crippen LogP contribution in [0.5, 0.6) is 0 Å². The van der Waals surface area contributed by atoms with Gasteiger partial charge in [-0.1, -0.05) is 0 Å². The maximum Gasteiger partial charge on any atom is 0.159 e. The van der Waals surface area contributed by atoms with E-state index in [-0.39, 0.29) is 0 Å². The molecule has 0 fully saturated rings. The van der Waals surface area contributed by atoms with Gasteiger partial charge in [0.25, 0.3) is 0 Å². The molecule has 0 N–H and O–H groups in total. The van der Waals surface area contributed by atoms with Crippen molar-refractivity contribution in [2.24, 2.45) is 0 Å². The van der Waals surface area contributed by atoms with Crippen LogP contribution in [-0.4, -0.2) is 36.5 Å². The van der Waals surface area contributed by atoms with Crippen LogP contribution < -0.4 is 4.90 Å². The highest BCUT2D eigenvalue weighted by Crippen LogP contribution is 2.13. The van der Waals surface area contributed by atoms with E-state index in [4.69, 9.17) is 0 Å². The fraction of sp³-hybridized carbons (Fsp3) is 0.214. The molecule has 7 heteroatoms. The molecule has 3 aromatic heterocycles. The number of rotatable bonds is 4. The molecule has 0 aromatic carbocycles. The Bertz CT molecular complexity index is 723. The van der Waals surface area contributed by atoms with Crippen LogP contribution in [-0.2, 0) is 6.54 Å². The number of hydrogen-bond acceptors (Lipinski definition) is 6. The van der Waals surface area contributed by atoms with Gasteiger partial charge in [0.05, 0.1) is 30.8 Å². The van der Waals surface area contributed by atoms with E-state index in [9.17, 15) is 0 Å². The smallest absolute Gasteiger partial charge is 0.159 e. The second-order valence-electron chi connectivity index (χ2n) is 4.63. The quantitative estimate of drug-likeness (QED) is 0.719. The van der Waals surface area contributed by atoms with Crippen molar-refractivity contribution >= 4 is 5.82 Å². The van der Waals surface area contributed by atoms with Gasteiger partial charge in [-0.2, -0.15) is 0 Å². The zero-order valence-corrected chi connectivity index (χ0v) is 11.9. The maximum absolute atomic E-state index is 4.61. The number of anilines is 1. The average molecular weight is 281 g/mol. The number of hydrogen-bond donors (Lipinski definition) is 0. The summed E-state index contributed by atoms with van der Waals surface area (Å²) in [6.07, 6.45) is 12.1. The molecule has 7 nitrogen and oxygen atoms in total. The van der Waals surface area contributed by atoms with E-state index in [1.807, 2.05) is 29.6 Å². The van der Waals surface area contributed by atoms with E-state index in [1.54, 1.807) is 37.2 Å². The highest BCUT2D eigenvalue weighted by molar-refractivity contribution is 5.39. The molecule has 0 aliphatic heterocycles. The van der Waals surface area contributed by atoms with Gasteiger partial charge in [0, 0.05) is 31.8 Å². The predicted molar refractivity (Wildman–Crippen MR) is 78.0 cm³/mol. The molecule has 3 aromatic rings. The third-order valence-electron chi connectivity index (χ3n) is 3.09. The summed E-state index contributed by atoms with van der Waals surface area (Å²) >= 11 is 0. The molecule has 0 bridgehead atoms. The Morgan fingerprint density at radius 1 is 1.05 bits per heavy atom. The molecular weight excluding hydrogens is 266 g/mol. The molecule has 0 spiro atoms. The Kier molecular flexibility index (Phi) is 3.55. The third-order valence-corrected chi connectivity index (χ3v) is 3.09. The molecule has 0 aliphatic rings. The van der Waals surface area contributed by atoms with Crippen molar-refractivity contribution in [1.29, 1.82) is 0 Å². The van der Waals surface area contributed by atoms with Gasteiger partial charge in [-0.15, -0.1) is 0 Å². The minimum absolute atomic E-state index is 0.620. The average Bonchev–Trinajstić information content (AvgIpc) is 2.94. The van der Waals surface area contributed by atoms with Gasteiger partial charge in [0.2, 0.25) is 0 Å².